The van der Waals surface area contributed by atoms with E-state index in [9.17, 15) is 9.59 Å². The molecule has 28 heavy (non-hydrogen) atoms. The van der Waals surface area contributed by atoms with Crippen LogP contribution in [0.4, 0.5) is 0 Å². The van der Waals surface area contributed by atoms with Crippen LogP contribution in [0.5, 0.6) is 0 Å². The van der Waals surface area contributed by atoms with Gasteiger partial charge in [-0.2, -0.15) is 0 Å². The van der Waals surface area contributed by atoms with Crippen LogP contribution in [0.25, 0.3) is 0 Å². The van der Waals surface area contributed by atoms with E-state index in [1.54, 1.807) is 0 Å². The van der Waals surface area contributed by atoms with Gasteiger partial charge in [0, 0.05) is 13.2 Å². The number of ether oxygens (including phenoxy) is 2. The Kier molecular flexibility index (Phi) is 10.4. The number of carbonyl (C=O) groups is 2. The number of unbranched alkanes of at least 4 members (excludes halogenated alkanes) is 1. The summed E-state index contributed by atoms with van der Waals surface area (Å²) in [6.07, 6.45) is 3.12. The third kappa shape index (κ3) is 7.90. The first kappa shape index (κ1) is 21.6. The first-order valence-corrected chi connectivity index (χ1v) is 9.50. The molecule has 0 bridgehead atoms. The molecule has 2 amide bonds. The Morgan fingerprint density at radius 1 is 0.679 bits per heavy atom. The topological polar surface area (TPSA) is 76.7 Å². The Labute approximate surface area is 166 Å². The van der Waals surface area contributed by atoms with E-state index >= 15 is 0 Å². The third-order valence-electron chi connectivity index (χ3n) is 4.34. The minimum absolute atomic E-state index is 0.143. The normalized spacial score (nSPS) is 12.7. The molecule has 2 rings (SSSR count). The van der Waals surface area contributed by atoms with Crippen LogP contribution in [0.3, 0.4) is 0 Å². The summed E-state index contributed by atoms with van der Waals surface area (Å²) in [4.78, 5) is 21.6. The molecule has 2 aromatic carbocycles. The summed E-state index contributed by atoms with van der Waals surface area (Å²) in [5.41, 5.74) is 2.04. The molecule has 0 radical (unpaired) electrons. The lowest BCUT2D eigenvalue weighted by Gasteiger charge is -2.17. The molecule has 0 fully saturated rings. The molecule has 0 aliphatic rings. The third-order valence-corrected chi connectivity index (χ3v) is 4.34. The van der Waals surface area contributed by atoms with Gasteiger partial charge in [-0.05, 0) is 24.0 Å². The van der Waals surface area contributed by atoms with Gasteiger partial charge in [0.1, 0.15) is 0 Å². The Hall–Kier alpha value is -2.70. The largest absolute Gasteiger partial charge is 0.379 e. The summed E-state index contributed by atoms with van der Waals surface area (Å²) in [5, 5.41) is 5.57. The number of hydrogen-bond donors (Lipinski definition) is 2. The molecule has 0 saturated heterocycles. The number of carbonyl (C=O) groups excluding carboxylic acids is 2. The van der Waals surface area contributed by atoms with E-state index in [1.165, 1.54) is 0 Å². The van der Waals surface area contributed by atoms with Crippen LogP contribution < -0.4 is 10.6 Å². The molecule has 150 valence electrons. The van der Waals surface area contributed by atoms with Crippen LogP contribution in [-0.2, 0) is 19.1 Å². The maximum absolute atomic E-state index is 10.8. The smallest absolute Gasteiger partial charge is 0.207 e. The van der Waals surface area contributed by atoms with Crippen LogP contribution in [0.2, 0.25) is 0 Å². The predicted octanol–water partition coefficient (Wildman–Crippen LogP) is 2.77. The van der Waals surface area contributed by atoms with E-state index in [1.807, 2.05) is 60.7 Å². The van der Waals surface area contributed by atoms with Crippen LogP contribution in [0.15, 0.2) is 60.7 Å². The van der Waals surface area contributed by atoms with Crippen LogP contribution in [-0.4, -0.2) is 39.2 Å². The van der Waals surface area contributed by atoms with Gasteiger partial charge in [0.25, 0.3) is 0 Å². The van der Waals surface area contributed by atoms with Crippen molar-refractivity contribution in [2.75, 3.05) is 26.4 Å². The lowest BCUT2D eigenvalue weighted by Crippen LogP contribution is -2.25. The van der Waals surface area contributed by atoms with Crippen LogP contribution >= 0.6 is 0 Å². The average molecular weight is 384 g/mol. The monoisotopic (exact) mass is 384 g/mol. The molecule has 0 aliphatic heterocycles. The second kappa shape index (κ2) is 13.5. The number of rotatable bonds is 15. The van der Waals surface area contributed by atoms with E-state index in [0.717, 1.165) is 24.0 Å². The maximum atomic E-state index is 10.8. The summed E-state index contributed by atoms with van der Waals surface area (Å²) in [6.45, 7) is 2.07. The molecule has 0 aromatic heterocycles. The molecule has 6 nitrogen and oxygen atoms in total. The first-order valence-electron chi connectivity index (χ1n) is 9.50. The van der Waals surface area contributed by atoms with Crippen molar-refractivity contribution in [3.8, 4) is 0 Å². The van der Waals surface area contributed by atoms with Gasteiger partial charge in [-0.1, -0.05) is 60.7 Å². The molecule has 2 atom stereocenters. The average Bonchev–Trinajstić information content (AvgIpc) is 2.75. The predicted molar refractivity (Wildman–Crippen MR) is 108 cm³/mol. The minimum atomic E-state index is -0.143. The fraction of sp³-hybridized carbons (Fsp3) is 0.364. The Morgan fingerprint density at radius 2 is 1.07 bits per heavy atom. The van der Waals surface area contributed by atoms with Crippen molar-refractivity contribution >= 4 is 12.8 Å². The van der Waals surface area contributed by atoms with Crippen molar-refractivity contribution in [1.29, 1.82) is 0 Å². The van der Waals surface area contributed by atoms with E-state index in [0.29, 0.717) is 39.2 Å². The quantitative estimate of drug-likeness (QED) is 0.366. The number of nitrogens with one attached hydrogen (secondary N) is 2. The van der Waals surface area contributed by atoms with Gasteiger partial charge in [0.15, 0.2) is 0 Å². The molecule has 0 unspecified atom stereocenters. The van der Waals surface area contributed by atoms with Gasteiger partial charge in [-0.15, -0.1) is 0 Å². The molecular formula is C22H28N2O4. The molecular weight excluding hydrogens is 356 g/mol. The second-order valence-electron chi connectivity index (χ2n) is 6.35. The first-order chi connectivity index (χ1) is 13.8. The maximum Gasteiger partial charge on any atom is 0.207 e. The highest BCUT2D eigenvalue weighted by Crippen LogP contribution is 2.13. The Bertz CT molecular complexity index is 607. The van der Waals surface area contributed by atoms with Gasteiger partial charge in [0.2, 0.25) is 12.8 Å². The zero-order valence-electron chi connectivity index (χ0n) is 16.0. The van der Waals surface area contributed by atoms with Crippen molar-refractivity contribution in [3.63, 3.8) is 0 Å². The standard InChI is InChI=1S/C22H28N2O4/c25-17-23-21(19-9-3-1-4-10-19)15-27-13-7-8-14-28-16-22(24-18-26)20-11-5-2-6-12-20/h1-6,9-12,17-18,21-22H,7-8,13-16H2,(H,23,25)(H,24,26)/t21-,22-/m1/s1. The van der Waals surface area contributed by atoms with Gasteiger partial charge in [0.05, 0.1) is 25.3 Å². The fourth-order valence-electron chi connectivity index (χ4n) is 2.83. The van der Waals surface area contributed by atoms with Gasteiger partial charge >= 0.3 is 0 Å². The molecule has 0 saturated carbocycles. The number of benzene rings is 2. The van der Waals surface area contributed by atoms with Crippen molar-refractivity contribution in [2.24, 2.45) is 0 Å². The fourth-order valence-corrected chi connectivity index (χ4v) is 2.83. The molecule has 2 aromatic rings. The summed E-state index contributed by atoms with van der Waals surface area (Å²) in [6, 6.07) is 19.2. The zero-order valence-corrected chi connectivity index (χ0v) is 16.0. The van der Waals surface area contributed by atoms with Crippen molar-refractivity contribution < 1.29 is 19.1 Å². The Balaban J connectivity index is 1.59. The minimum Gasteiger partial charge on any atom is -0.379 e. The summed E-state index contributed by atoms with van der Waals surface area (Å²) < 4.78 is 11.4. The molecule has 2 N–H and O–H groups in total. The van der Waals surface area contributed by atoms with E-state index in [2.05, 4.69) is 10.6 Å². The van der Waals surface area contributed by atoms with Crippen molar-refractivity contribution in [3.05, 3.63) is 71.8 Å². The van der Waals surface area contributed by atoms with E-state index in [4.69, 9.17) is 9.47 Å². The summed E-state index contributed by atoms with van der Waals surface area (Å²) >= 11 is 0. The van der Waals surface area contributed by atoms with Crippen molar-refractivity contribution in [2.45, 2.75) is 24.9 Å². The number of hydrogen-bond acceptors (Lipinski definition) is 4. The zero-order chi connectivity index (χ0) is 19.9. The second-order valence-corrected chi connectivity index (χ2v) is 6.35. The van der Waals surface area contributed by atoms with E-state index in [-0.39, 0.29) is 12.1 Å². The molecule has 0 aliphatic carbocycles. The lowest BCUT2D eigenvalue weighted by atomic mass is 10.1. The summed E-state index contributed by atoms with van der Waals surface area (Å²) in [5.74, 6) is 0. The SMILES string of the molecule is O=CN[C@H](COCCCCOC[C@@H](NC=O)c1ccccc1)c1ccccc1. The number of amides is 2. The van der Waals surface area contributed by atoms with Gasteiger partial charge < -0.3 is 20.1 Å². The molecule has 0 spiro atoms. The van der Waals surface area contributed by atoms with Gasteiger partial charge in [-0.25, -0.2) is 0 Å². The highest BCUT2D eigenvalue weighted by molar-refractivity contribution is 5.48. The Morgan fingerprint density at radius 3 is 1.43 bits per heavy atom. The molecule has 0 heterocycles. The van der Waals surface area contributed by atoms with Crippen molar-refractivity contribution in [1.82, 2.24) is 10.6 Å². The van der Waals surface area contributed by atoms with Crippen LogP contribution in [0, 0.1) is 0 Å². The highest BCUT2D eigenvalue weighted by Gasteiger charge is 2.11. The molecule has 6 heteroatoms. The van der Waals surface area contributed by atoms with Crippen LogP contribution in [0.1, 0.15) is 36.1 Å². The lowest BCUT2D eigenvalue weighted by molar-refractivity contribution is -0.111. The highest BCUT2D eigenvalue weighted by atomic mass is 16.5. The van der Waals surface area contributed by atoms with E-state index < -0.39 is 0 Å². The summed E-state index contributed by atoms with van der Waals surface area (Å²) in [7, 11) is 0. The van der Waals surface area contributed by atoms with Gasteiger partial charge in [-0.3, -0.25) is 9.59 Å².